The first-order valence-corrected chi connectivity index (χ1v) is 13.2. The summed E-state index contributed by atoms with van der Waals surface area (Å²) >= 11 is 0. The normalized spacial score (nSPS) is 15.9. The summed E-state index contributed by atoms with van der Waals surface area (Å²) in [7, 11) is 3.11. The van der Waals surface area contributed by atoms with E-state index in [2.05, 4.69) is 21.7 Å². The minimum Gasteiger partial charge on any atom is -0.497 e. The van der Waals surface area contributed by atoms with Gasteiger partial charge in [0.25, 0.3) is 11.8 Å². The van der Waals surface area contributed by atoms with Crippen LogP contribution in [0.3, 0.4) is 0 Å². The van der Waals surface area contributed by atoms with Gasteiger partial charge in [0, 0.05) is 55.9 Å². The van der Waals surface area contributed by atoms with E-state index in [4.69, 9.17) is 20.2 Å². The predicted octanol–water partition coefficient (Wildman–Crippen LogP) is 3.10. The van der Waals surface area contributed by atoms with Gasteiger partial charge in [0.1, 0.15) is 28.7 Å². The van der Waals surface area contributed by atoms with Crippen LogP contribution < -0.4 is 25.8 Å². The van der Waals surface area contributed by atoms with Crippen LogP contribution in [0.2, 0.25) is 0 Å². The third kappa shape index (κ3) is 5.78. The summed E-state index contributed by atoms with van der Waals surface area (Å²) in [6, 6.07) is 7.33. The summed E-state index contributed by atoms with van der Waals surface area (Å²) in [6.45, 7) is 1.79. The van der Waals surface area contributed by atoms with E-state index < -0.39 is 5.91 Å². The summed E-state index contributed by atoms with van der Waals surface area (Å²) in [6.07, 6.45) is 8.81. The number of nitrogens with zero attached hydrogens (tertiary/aromatic N) is 5. The summed E-state index contributed by atoms with van der Waals surface area (Å²) in [4.78, 5) is 36.1. The van der Waals surface area contributed by atoms with Gasteiger partial charge in [-0.05, 0) is 37.5 Å². The van der Waals surface area contributed by atoms with E-state index >= 15 is 0 Å². The average Bonchev–Trinajstić information content (AvgIpc) is 3.66. The number of likely N-dealkylation sites (tertiary alicyclic amines) is 1. The Balaban J connectivity index is 1.32. The number of allylic oxidation sites excluding steroid dienone is 1. The molecular formula is C28H32N8O4. The van der Waals surface area contributed by atoms with Crippen LogP contribution in [0.1, 0.15) is 36.0 Å². The van der Waals surface area contributed by atoms with E-state index in [-0.39, 0.29) is 28.8 Å². The van der Waals surface area contributed by atoms with Crippen molar-refractivity contribution in [3.05, 3.63) is 47.8 Å². The van der Waals surface area contributed by atoms with Crippen molar-refractivity contribution in [2.24, 2.45) is 17.6 Å². The number of ether oxygens (including phenoxy) is 2. The van der Waals surface area contributed by atoms with Crippen molar-refractivity contribution < 1.29 is 19.1 Å². The highest BCUT2D eigenvalue weighted by Crippen LogP contribution is 2.32. The zero-order chi connectivity index (χ0) is 28.2. The summed E-state index contributed by atoms with van der Waals surface area (Å²) in [5, 5.41) is 16.0. The number of anilines is 3. The minimum absolute atomic E-state index is 0.150. The number of methoxy groups -OCH3 is 2. The van der Waals surface area contributed by atoms with Crippen LogP contribution >= 0.6 is 0 Å². The molecule has 1 saturated heterocycles. The Morgan fingerprint density at radius 3 is 2.45 bits per heavy atom. The maximum absolute atomic E-state index is 12.8. The van der Waals surface area contributed by atoms with E-state index in [0.29, 0.717) is 54.3 Å². The minimum atomic E-state index is -0.669. The van der Waals surface area contributed by atoms with Gasteiger partial charge in [0.15, 0.2) is 11.5 Å². The molecule has 3 aromatic rings. The second-order valence-corrected chi connectivity index (χ2v) is 10.0. The van der Waals surface area contributed by atoms with Gasteiger partial charge in [-0.1, -0.05) is 6.08 Å². The number of hydrogen-bond acceptors (Lipinski definition) is 9. The van der Waals surface area contributed by atoms with Crippen LogP contribution in [0.25, 0.3) is 5.65 Å². The molecule has 3 heterocycles. The number of carbonyl (C=O) groups is 2. The lowest BCUT2D eigenvalue weighted by molar-refractivity contribution is -0.128. The molecule has 1 aromatic carbocycles. The maximum atomic E-state index is 12.8. The highest BCUT2D eigenvalue weighted by molar-refractivity contribution is 6.04. The molecule has 208 valence electrons. The molecule has 40 heavy (non-hydrogen) atoms. The number of carbonyl (C=O) groups excluding carboxylic acids is 2. The van der Waals surface area contributed by atoms with Crippen LogP contribution in [0, 0.1) is 23.2 Å². The Kier molecular flexibility index (Phi) is 7.72. The third-order valence-corrected chi connectivity index (χ3v) is 7.23. The Morgan fingerprint density at radius 2 is 1.85 bits per heavy atom. The van der Waals surface area contributed by atoms with Crippen molar-refractivity contribution in [3.63, 3.8) is 0 Å². The Bertz CT molecular complexity index is 1470. The number of hydrogen-bond donors (Lipinski definition) is 3. The molecule has 0 atom stereocenters. The van der Waals surface area contributed by atoms with Crippen molar-refractivity contribution in [1.82, 2.24) is 19.3 Å². The molecule has 1 aliphatic carbocycles. The number of benzene rings is 1. The SMILES string of the molecule is COc1cc(Nc2nc(NCC3CCN(C(=O)C(C#N)=CC4CC4)CC3)n3ccnc3c2C(N)=O)cc(OC)c1. The van der Waals surface area contributed by atoms with E-state index in [1.165, 1.54) is 0 Å². The molecule has 4 N–H and O–H groups in total. The largest absolute Gasteiger partial charge is 0.497 e. The van der Waals surface area contributed by atoms with Gasteiger partial charge in [-0.2, -0.15) is 10.2 Å². The molecule has 12 heteroatoms. The lowest BCUT2D eigenvalue weighted by Gasteiger charge is -2.32. The van der Waals surface area contributed by atoms with Crippen LogP contribution in [-0.4, -0.2) is 64.9 Å². The number of nitrogens with two attached hydrogens (primary N) is 1. The van der Waals surface area contributed by atoms with Gasteiger partial charge in [-0.25, -0.2) is 4.98 Å². The van der Waals surface area contributed by atoms with E-state index in [0.717, 1.165) is 25.7 Å². The zero-order valence-electron chi connectivity index (χ0n) is 22.5. The van der Waals surface area contributed by atoms with Gasteiger partial charge >= 0.3 is 0 Å². The fraction of sp³-hybridized carbons (Fsp3) is 0.393. The molecule has 0 radical (unpaired) electrons. The quantitative estimate of drug-likeness (QED) is 0.257. The number of nitrogens with one attached hydrogen (secondary N) is 2. The summed E-state index contributed by atoms with van der Waals surface area (Å²) in [5.41, 5.74) is 7.12. The topological polar surface area (TPSA) is 160 Å². The second kappa shape index (κ2) is 11.5. The smallest absolute Gasteiger partial charge is 0.264 e. The van der Waals surface area contributed by atoms with E-state index in [1.807, 2.05) is 6.08 Å². The van der Waals surface area contributed by atoms with Crippen molar-refractivity contribution in [2.75, 3.05) is 44.5 Å². The number of nitriles is 1. The number of amides is 2. The molecule has 0 bridgehead atoms. The molecule has 0 unspecified atom stereocenters. The van der Waals surface area contributed by atoms with Gasteiger partial charge in [0.05, 0.1) is 14.2 Å². The zero-order valence-corrected chi connectivity index (χ0v) is 22.5. The molecular weight excluding hydrogens is 512 g/mol. The Hall–Kier alpha value is -4.79. The number of imidazole rings is 1. The highest BCUT2D eigenvalue weighted by atomic mass is 16.5. The first kappa shape index (κ1) is 26.8. The van der Waals surface area contributed by atoms with Crippen LogP contribution in [0.15, 0.2) is 42.2 Å². The molecule has 2 amide bonds. The molecule has 5 rings (SSSR count). The third-order valence-electron chi connectivity index (χ3n) is 7.23. The predicted molar refractivity (Wildman–Crippen MR) is 149 cm³/mol. The number of fused-ring (bicyclic) bond motifs is 1. The van der Waals surface area contributed by atoms with E-state index in [9.17, 15) is 14.9 Å². The van der Waals surface area contributed by atoms with Crippen LogP contribution in [0.4, 0.5) is 17.5 Å². The molecule has 1 aliphatic heterocycles. The van der Waals surface area contributed by atoms with Gasteiger partial charge in [-0.3, -0.25) is 14.0 Å². The molecule has 1 saturated carbocycles. The monoisotopic (exact) mass is 544 g/mol. The van der Waals surface area contributed by atoms with Crippen LogP contribution in [-0.2, 0) is 4.79 Å². The number of piperidine rings is 1. The van der Waals surface area contributed by atoms with Crippen molar-refractivity contribution in [1.29, 1.82) is 5.26 Å². The van der Waals surface area contributed by atoms with Crippen molar-refractivity contribution in [2.45, 2.75) is 25.7 Å². The van der Waals surface area contributed by atoms with E-state index in [1.54, 1.807) is 54.1 Å². The van der Waals surface area contributed by atoms with Crippen molar-refractivity contribution in [3.8, 4) is 17.6 Å². The fourth-order valence-electron chi connectivity index (χ4n) is 4.84. The number of primary amides is 1. The molecule has 2 fully saturated rings. The number of rotatable bonds is 10. The summed E-state index contributed by atoms with van der Waals surface area (Å²) in [5.74, 6) is 1.70. The lowest BCUT2D eigenvalue weighted by Crippen LogP contribution is -2.40. The van der Waals surface area contributed by atoms with Gasteiger partial charge in [-0.15, -0.1) is 0 Å². The number of aromatic nitrogens is 3. The highest BCUT2D eigenvalue weighted by Gasteiger charge is 2.28. The Morgan fingerprint density at radius 1 is 1.15 bits per heavy atom. The lowest BCUT2D eigenvalue weighted by atomic mass is 9.96. The summed E-state index contributed by atoms with van der Waals surface area (Å²) < 4.78 is 12.4. The average molecular weight is 545 g/mol. The molecule has 12 nitrogen and oxygen atoms in total. The van der Waals surface area contributed by atoms with Gasteiger partial charge < -0.3 is 30.7 Å². The second-order valence-electron chi connectivity index (χ2n) is 10.0. The first-order chi connectivity index (χ1) is 19.4. The first-order valence-electron chi connectivity index (χ1n) is 13.2. The molecule has 2 aromatic heterocycles. The molecule has 0 spiro atoms. The van der Waals surface area contributed by atoms with Gasteiger partial charge in [0.2, 0.25) is 5.95 Å². The van der Waals surface area contributed by atoms with Crippen molar-refractivity contribution >= 4 is 34.9 Å². The Labute approximate surface area is 231 Å². The standard InChI is InChI=1S/C28H32N8O4/c1-39-21-12-20(13-22(14-21)40-2)33-25-23(24(30)37)26-31-7-10-36(26)28(34-25)32-16-18-5-8-35(9-6-18)27(38)19(15-29)11-17-3-4-17/h7,10-14,17-18,33H,3-6,8-9,16H2,1-2H3,(H2,30,37)(H,32,34). The maximum Gasteiger partial charge on any atom is 0.264 e. The fourth-order valence-corrected chi connectivity index (χ4v) is 4.84. The van der Waals surface area contributed by atoms with Crippen LogP contribution in [0.5, 0.6) is 11.5 Å². The molecule has 2 aliphatic rings.